The number of rotatable bonds is 6. The van der Waals surface area contributed by atoms with E-state index in [1.54, 1.807) is 41.4 Å². The Morgan fingerprint density at radius 2 is 1.64 bits per heavy atom. The molecule has 0 spiro atoms. The maximum atomic E-state index is 14.7. The van der Waals surface area contributed by atoms with Gasteiger partial charge in [-0.05, 0) is 94.0 Å². The van der Waals surface area contributed by atoms with Gasteiger partial charge in [0.1, 0.15) is 27.9 Å². The molecule has 0 radical (unpaired) electrons. The molecular formula is C33H34ClF2N3O4S. The summed E-state index contributed by atoms with van der Waals surface area (Å²) >= 11 is 7.36. The van der Waals surface area contributed by atoms with Crippen LogP contribution in [0.15, 0.2) is 54.9 Å². The molecule has 1 saturated carbocycles. The van der Waals surface area contributed by atoms with Crippen LogP contribution in [0.1, 0.15) is 61.7 Å². The molecule has 0 saturated heterocycles. The summed E-state index contributed by atoms with van der Waals surface area (Å²) in [6, 6.07) is 10.5. The van der Waals surface area contributed by atoms with Gasteiger partial charge < -0.3 is 19.6 Å². The Morgan fingerprint density at radius 3 is 2.27 bits per heavy atom. The SMILES string of the molecule is CN(C(=O)OC(C)(C)C)C1CCC(N(Cc2cc(-c3ccncc3)ccc2O)C(=O)c2sc3c(F)ccc(F)c3c2Cl)CC1. The van der Waals surface area contributed by atoms with E-state index < -0.39 is 29.2 Å². The Labute approximate surface area is 264 Å². The molecule has 7 nitrogen and oxygen atoms in total. The van der Waals surface area contributed by atoms with E-state index >= 15 is 0 Å². The van der Waals surface area contributed by atoms with Crippen molar-refractivity contribution < 1.29 is 28.2 Å². The van der Waals surface area contributed by atoms with Crippen molar-refractivity contribution in [3.05, 3.63) is 82.0 Å². The fourth-order valence-electron chi connectivity index (χ4n) is 5.59. The number of hydrogen-bond acceptors (Lipinski definition) is 6. The normalized spacial score (nSPS) is 17.0. The number of pyridine rings is 1. The Kier molecular flexibility index (Phi) is 9.13. The van der Waals surface area contributed by atoms with Gasteiger partial charge in [0, 0.05) is 43.6 Å². The molecule has 5 rings (SSSR count). The highest BCUT2D eigenvalue weighted by Crippen LogP contribution is 2.41. The molecule has 0 bridgehead atoms. The molecule has 0 aliphatic heterocycles. The number of halogens is 3. The Bertz CT molecular complexity index is 1680. The lowest BCUT2D eigenvalue weighted by molar-refractivity contribution is 0.0144. The first-order valence-corrected chi connectivity index (χ1v) is 15.6. The average molecular weight is 642 g/mol. The number of thiophene rings is 1. The maximum absolute atomic E-state index is 14.7. The summed E-state index contributed by atoms with van der Waals surface area (Å²) in [5.74, 6) is -1.83. The van der Waals surface area contributed by atoms with Crippen molar-refractivity contribution in [3.8, 4) is 16.9 Å². The highest BCUT2D eigenvalue weighted by atomic mass is 35.5. The third-order valence-electron chi connectivity index (χ3n) is 7.91. The van der Waals surface area contributed by atoms with Crippen LogP contribution in [-0.4, -0.2) is 56.6 Å². The van der Waals surface area contributed by atoms with E-state index in [4.69, 9.17) is 16.3 Å². The number of carbonyl (C=O) groups is 2. The summed E-state index contributed by atoms with van der Waals surface area (Å²) in [4.78, 5) is 34.3. The number of aromatic hydroxyl groups is 1. The van der Waals surface area contributed by atoms with Crippen molar-refractivity contribution in [2.75, 3.05) is 7.05 Å². The van der Waals surface area contributed by atoms with Crippen LogP contribution in [0, 0.1) is 11.6 Å². The second-order valence-electron chi connectivity index (χ2n) is 12.0. The molecule has 4 aromatic rings. The highest BCUT2D eigenvalue weighted by Gasteiger charge is 2.35. The summed E-state index contributed by atoms with van der Waals surface area (Å²) in [6.45, 7) is 5.48. The minimum atomic E-state index is -0.707. The number of amides is 2. The summed E-state index contributed by atoms with van der Waals surface area (Å²) in [5.41, 5.74) is 1.61. The second kappa shape index (κ2) is 12.7. The molecular weight excluding hydrogens is 608 g/mol. The molecule has 1 aliphatic rings. The van der Waals surface area contributed by atoms with Gasteiger partial charge in [0.2, 0.25) is 0 Å². The number of benzene rings is 2. The standard InChI is InChI=1S/C33H34ClF2N3O4S/c1-33(2,3)43-32(42)38(4)22-6-8-23(9-7-22)39(18-21-17-20(5-12-26(21)40)19-13-15-37-16-14-19)31(41)30-28(34)27-24(35)10-11-25(36)29(27)44-30/h5,10-17,22-23,40H,6-9,18H2,1-4H3. The van der Waals surface area contributed by atoms with Gasteiger partial charge in [-0.3, -0.25) is 9.78 Å². The minimum Gasteiger partial charge on any atom is -0.508 e. The smallest absolute Gasteiger partial charge is 0.410 e. The number of ether oxygens (including phenoxy) is 1. The van der Waals surface area contributed by atoms with Gasteiger partial charge >= 0.3 is 6.09 Å². The summed E-state index contributed by atoms with van der Waals surface area (Å²) < 4.78 is 34.9. The van der Waals surface area contributed by atoms with Gasteiger partial charge in [-0.1, -0.05) is 17.7 Å². The van der Waals surface area contributed by atoms with Crippen LogP contribution in [0.2, 0.25) is 5.02 Å². The van der Waals surface area contributed by atoms with E-state index in [0.717, 1.165) is 34.6 Å². The third-order valence-corrected chi connectivity index (χ3v) is 9.58. The fourth-order valence-corrected chi connectivity index (χ4v) is 7.10. The Morgan fingerprint density at radius 1 is 1.00 bits per heavy atom. The summed E-state index contributed by atoms with van der Waals surface area (Å²) in [5, 5.41) is 10.6. The monoisotopic (exact) mass is 641 g/mol. The molecule has 44 heavy (non-hydrogen) atoms. The number of carbonyl (C=O) groups excluding carboxylic acids is 2. The summed E-state index contributed by atoms with van der Waals surface area (Å²) in [6.07, 6.45) is 5.26. The van der Waals surface area contributed by atoms with Gasteiger partial charge in [0.05, 0.1) is 15.1 Å². The lowest BCUT2D eigenvalue weighted by atomic mass is 9.89. The maximum Gasteiger partial charge on any atom is 0.410 e. The molecule has 1 N–H and O–H groups in total. The van der Waals surface area contributed by atoms with E-state index in [1.165, 1.54) is 0 Å². The van der Waals surface area contributed by atoms with E-state index in [0.29, 0.717) is 31.2 Å². The van der Waals surface area contributed by atoms with Crippen molar-refractivity contribution in [1.82, 2.24) is 14.8 Å². The zero-order valence-corrected chi connectivity index (χ0v) is 26.5. The van der Waals surface area contributed by atoms with Crippen molar-refractivity contribution in [2.45, 2.75) is 70.7 Å². The van der Waals surface area contributed by atoms with E-state index in [2.05, 4.69) is 4.98 Å². The predicted octanol–water partition coefficient (Wildman–Crippen LogP) is 8.42. The van der Waals surface area contributed by atoms with Crippen LogP contribution in [0.5, 0.6) is 5.75 Å². The average Bonchev–Trinajstić information content (AvgIpc) is 3.36. The topological polar surface area (TPSA) is 83.0 Å². The third kappa shape index (κ3) is 6.66. The van der Waals surface area contributed by atoms with Crippen molar-refractivity contribution in [3.63, 3.8) is 0 Å². The largest absolute Gasteiger partial charge is 0.508 e. The van der Waals surface area contributed by atoms with Gasteiger partial charge in [-0.2, -0.15) is 0 Å². The van der Waals surface area contributed by atoms with Gasteiger partial charge in [0.15, 0.2) is 0 Å². The van der Waals surface area contributed by atoms with Crippen molar-refractivity contribution in [1.29, 1.82) is 0 Å². The zero-order chi connectivity index (χ0) is 31.8. The Hall–Kier alpha value is -3.76. The van der Waals surface area contributed by atoms with Crippen LogP contribution in [0.25, 0.3) is 21.2 Å². The highest BCUT2D eigenvalue weighted by molar-refractivity contribution is 7.21. The van der Waals surface area contributed by atoms with Crippen LogP contribution in [-0.2, 0) is 11.3 Å². The van der Waals surface area contributed by atoms with Crippen LogP contribution in [0.3, 0.4) is 0 Å². The van der Waals surface area contributed by atoms with Crippen LogP contribution < -0.4 is 0 Å². The number of nitrogens with zero attached hydrogens (tertiary/aromatic N) is 3. The molecule has 0 unspecified atom stereocenters. The molecule has 0 atom stereocenters. The lowest BCUT2D eigenvalue weighted by Crippen LogP contribution is -2.47. The van der Waals surface area contributed by atoms with Crippen LogP contribution >= 0.6 is 22.9 Å². The molecule has 2 aromatic carbocycles. The Balaban J connectivity index is 1.47. The number of phenolic OH excluding ortho intramolecular Hbond substituents is 1. The second-order valence-corrected chi connectivity index (χ2v) is 13.4. The number of aromatic nitrogens is 1. The van der Waals surface area contributed by atoms with E-state index in [1.807, 2.05) is 39.0 Å². The molecule has 11 heteroatoms. The quantitative estimate of drug-likeness (QED) is 0.229. The van der Waals surface area contributed by atoms with Crippen LogP contribution in [0.4, 0.5) is 13.6 Å². The van der Waals surface area contributed by atoms with Gasteiger partial charge in [-0.25, -0.2) is 13.6 Å². The molecule has 2 aromatic heterocycles. The minimum absolute atomic E-state index is 0.0125. The number of hydrogen-bond donors (Lipinski definition) is 1. The van der Waals surface area contributed by atoms with Crippen molar-refractivity contribution in [2.24, 2.45) is 0 Å². The van der Waals surface area contributed by atoms with E-state index in [-0.39, 0.29) is 44.4 Å². The molecule has 2 heterocycles. The summed E-state index contributed by atoms with van der Waals surface area (Å²) in [7, 11) is 1.71. The number of fused-ring (bicyclic) bond motifs is 1. The molecule has 1 aliphatic carbocycles. The first-order valence-electron chi connectivity index (χ1n) is 14.4. The van der Waals surface area contributed by atoms with Gasteiger partial charge in [0.25, 0.3) is 5.91 Å². The van der Waals surface area contributed by atoms with E-state index in [9.17, 15) is 23.5 Å². The molecule has 2 amide bonds. The predicted molar refractivity (Wildman–Crippen MR) is 168 cm³/mol. The first kappa shape index (κ1) is 31.7. The first-order chi connectivity index (χ1) is 20.8. The van der Waals surface area contributed by atoms with Crippen molar-refractivity contribution >= 4 is 45.0 Å². The fraction of sp³-hybridized carbons (Fsp3) is 0.364. The lowest BCUT2D eigenvalue weighted by Gasteiger charge is -2.40. The number of phenols is 1. The molecule has 232 valence electrons. The van der Waals surface area contributed by atoms with Gasteiger partial charge in [-0.15, -0.1) is 11.3 Å². The zero-order valence-electron chi connectivity index (χ0n) is 24.9. The molecule has 1 fully saturated rings.